The summed E-state index contributed by atoms with van der Waals surface area (Å²) < 4.78 is 5.14. The van der Waals surface area contributed by atoms with E-state index in [4.69, 9.17) is 10.5 Å². The van der Waals surface area contributed by atoms with Crippen LogP contribution in [0.1, 0.15) is 11.1 Å². The number of aryl methyl sites for hydroxylation is 1. The zero-order valence-corrected chi connectivity index (χ0v) is 12.1. The number of amides is 3. The maximum absolute atomic E-state index is 12.1. The summed E-state index contributed by atoms with van der Waals surface area (Å²) in [5, 5.41) is 0.311. The van der Waals surface area contributed by atoms with Crippen molar-refractivity contribution >= 4 is 34.6 Å². The molecule has 20 heavy (non-hydrogen) atoms. The van der Waals surface area contributed by atoms with Gasteiger partial charge < -0.3 is 10.5 Å². The Kier molecular flexibility index (Phi) is 4.41. The predicted octanol–water partition coefficient (Wildman–Crippen LogP) is 1.66. The Hall–Kier alpha value is -1.86. The molecule has 3 amide bonds. The Bertz CT molecular complexity index is 586. The molecule has 2 rings (SSSR count). The highest BCUT2D eigenvalue weighted by molar-refractivity contribution is 8.15. The number of anilines is 1. The summed E-state index contributed by atoms with van der Waals surface area (Å²) in [6, 6.07) is 4.89. The average Bonchev–Trinajstić information content (AvgIpc) is 2.72. The zero-order chi connectivity index (χ0) is 14.7. The first-order valence-electron chi connectivity index (χ1n) is 5.95. The third kappa shape index (κ3) is 3.00. The van der Waals surface area contributed by atoms with Crippen LogP contribution < -0.4 is 10.6 Å². The van der Waals surface area contributed by atoms with Crippen molar-refractivity contribution in [3.8, 4) is 0 Å². The van der Waals surface area contributed by atoms with Gasteiger partial charge in [-0.1, -0.05) is 23.9 Å². The molecule has 0 bridgehead atoms. The standard InChI is InChI=1S/C13H15N3O3S/c1-8-3-4-9(6-19-2)10(5-8)16-11(17)7-20-13(16)15-12(14)18/h3-5H,6-7H2,1-2H3,(H2,14,18). The van der Waals surface area contributed by atoms with Crippen molar-refractivity contribution in [2.24, 2.45) is 10.7 Å². The van der Waals surface area contributed by atoms with E-state index >= 15 is 0 Å². The molecular weight excluding hydrogens is 278 g/mol. The maximum Gasteiger partial charge on any atom is 0.340 e. The molecule has 1 saturated heterocycles. The summed E-state index contributed by atoms with van der Waals surface area (Å²) in [5.74, 6) is 0.116. The number of nitrogens with zero attached hydrogens (tertiary/aromatic N) is 2. The first kappa shape index (κ1) is 14.5. The fourth-order valence-electron chi connectivity index (χ4n) is 1.94. The summed E-state index contributed by atoms with van der Waals surface area (Å²) in [6.45, 7) is 2.30. The lowest BCUT2D eigenvalue weighted by Crippen LogP contribution is -2.31. The van der Waals surface area contributed by atoms with E-state index in [0.717, 1.165) is 11.1 Å². The third-order valence-corrected chi connectivity index (χ3v) is 3.68. The Morgan fingerprint density at radius 3 is 2.95 bits per heavy atom. The fraction of sp³-hybridized carbons (Fsp3) is 0.308. The molecule has 0 spiro atoms. The first-order chi connectivity index (χ1) is 9.52. The Balaban J connectivity index is 2.49. The lowest BCUT2D eigenvalue weighted by atomic mass is 10.1. The number of aliphatic imine (C=N–C) groups is 1. The van der Waals surface area contributed by atoms with Gasteiger partial charge in [0, 0.05) is 12.7 Å². The van der Waals surface area contributed by atoms with Gasteiger partial charge in [0.25, 0.3) is 0 Å². The van der Waals surface area contributed by atoms with Crippen molar-refractivity contribution in [2.45, 2.75) is 13.5 Å². The Morgan fingerprint density at radius 2 is 2.30 bits per heavy atom. The van der Waals surface area contributed by atoms with Crippen LogP contribution in [0.4, 0.5) is 10.5 Å². The van der Waals surface area contributed by atoms with E-state index in [1.165, 1.54) is 16.7 Å². The summed E-state index contributed by atoms with van der Waals surface area (Å²) in [6.07, 6.45) is 0. The maximum atomic E-state index is 12.1. The minimum Gasteiger partial charge on any atom is -0.380 e. The number of nitrogens with two attached hydrogens (primary N) is 1. The molecule has 0 atom stereocenters. The molecule has 2 N–H and O–H groups in total. The van der Waals surface area contributed by atoms with Gasteiger partial charge in [0.1, 0.15) is 0 Å². The van der Waals surface area contributed by atoms with Crippen molar-refractivity contribution in [1.82, 2.24) is 0 Å². The molecule has 7 heteroatoms. The monoisotopic (exact) mass is 293 g/mol. The molecule has 0 saturated carbocycles. The number of ether oxygens (including phenoxy) is 1. The van der Waals surface area contributed by atoms with Gasteiger partial charge >= 0.3 is 6.03 Å². The normalized spacial score (nSPS) is 17.0. The van der Waals surface area contributed by atoms with Crippen LogP contribution in [-0.2, 0) is 16.1 Å². The lowest BCUT2D eigenvalue weighted by Gasteiger charge is -2.20. The second kappa shape index (κ2) is 6.06. The second-order valence-corrected chi connectivity index (χ2v) is 5.26. The minimum atomic E-state index is -0.812. The Labute approximate surface area is 121 Å². The topological polar surface area (TPSA) is 85.0 Å². The molecule has 1 aliphatic rings. The van der Waals surface area contributed by atoms with E-state index in [0.29, 0.717) is 17.5 Å². The number of carbonyl (C=O) groups is 2. The fourth-order valence-corrected chi connectivity index (χ4v) is 2.80. The van der Waals surface area contributed by atoms with E-state index in [-0.39, 0.29) is 11.7 Å². The van der Waals surface area contributed by atoms with Crippen LogP contribution in [0.5, 0.6) is 0 Å². The quantitative estimate of drug-likeness (QED) is 0.918. The molecule has 0 aliphatic carbocycles. The Morgan fingerprint density at radius 1 is 1.55 bits per heavy atom. The number of benzene rings is 1. The molecular formula is C13H15N3O3S. The smallest absolute Gasteiger partial charge is 0.340 e. The molecule has 1 aliphatic heterocycles. The number of methoxy groups -OCH3 is 1. The third-order valence-electron chi connectivity index (χ3n) is 2.75. The van der Waals surface area contributed by atoms with Gasteiger partial charge in [-0.25, -0.2) is 4.79 Å². The molecule has 0 unspecified atom stereocenters. The van der Waals surface area contributed by atoms with Crippen molar-refractivity contribution in [1.29, 1.82) is 0 Å². The van der Waals surface area contributed by atoms with Crippen LogP contribution in [0, 0.1) is 6.92 Å². The van der Waals surface area contributed by atoms with Gasteiger partial charge in [0.05, 0.1) is 18.0 Å². The zero-order valence-electron chi connectivity index (χ0n) is 11.3. The molecule has 6 nitrogen and oxygen atoms in total. The highest BCUT2D eigenvalue weighted by atomic mass is 32.2. The van der Waals surface area contributed by atoms with Gasteiger partial charge in [-0.15, -0.1) is 0 Å². The van der Waals surface area contributed by atoms with E-state index in [2.05, 4.69) is 4.99 Å². The number of hydrogen-bond donors (Lipinski definition) is 1. The summed E-state index contributed by atoms with van der Waals surface area (Å²) >= 11 is 1.20. The number of urea groups is 1. The van der Waals surface area contributed by atoms with Crippen molar-refractivity contribution in [2.75, 3.05) is 17.8 Å². The number of hydrogen-bond acceptors (Lipinski definition) is 4. The van der Waals surface area contributed by atoms with Crippen LogP contribution in [0.2, 0.25) is 0 Å². The van der Waals surface area contributed by atoms with Crippen molar-refractivity contribution in [3.05, 3.63) is 29.3 Å². The van der Waals surface area contributed by atoms with E-state index in [9.17, 15) is 9.59 Å². The summed E-state index contributed by atoms with van der Waals surface area (Å²) in [7, 11) is 1.59. The number of rotatable bonds is 3. The SMILES string of the molecule is COCc1ccc(C)cc1N1C(=O)CSC1=NC(N)=O. The van der Waals surface area contributed by atoms with Crippen molar-refractivity contribution in [3.63, 3.8) is 0 Å². The largest absolute Gasteiger partial charge is 0.380 e. The van der Waals surface area contributed by atoms with Gasteiger partial charge in [0.2, 0.25) is 5.91 Å². The van der Waals surface area contributed by atoms with E-state index in [1.807, 2.05) is 25.1 Å². The summed E-state index contributed by atoms with van der Waals surface area (Å²) in [4.78, 5) is 28.2. The number of primary amides is 1. The lowest BCUT2D eigenvalue weighted by molar-refractivity contribution is -0.115. The van der Waals surface area contributed by atoms with Gasteiger partial charge in [-0.2, -0.15) is 4.99 Å². The van der Waals surface area contributed by atoms with Crippen LogP contribution in [0.15, 0.2) is 23.2 Å². The highest BCUT2D eigenvalue weighted by Gasteiger charge is 2.31. The predicted molar refractivity (Wildman–Crippen MR) is 78.9 cm³/mol. The summed E-state index contributed by atoms with van der Waals surface area (Å²) in [5.41, 5.74) is 7.62. The van der Waals surface area contributed by atoms with Gasteiger partial charge in [-0.05, 0) is 18.6 Å². The molecule has 0 radical (unpaired) electrons. The molecule has 1 aromatic carbocycles. The number of amidine groups is 1. The second-order valence-electron chi connectivity index (χ2n) is 4.32. The molecule has 106 valence electrons. The van der Waals surface area contributed by atoms with Crippen LogP contribution >= 0.6 is 11.8 Å². The van der Waals surface area contributed by atoms with Crippen LogP contribution in [0.25, 0.3) is 0 Å². The van der Waals surface area contributed by atoms with Crippen LogP contribution in [0.3, 0.4) is 0 Å². The van der Waals surface area contributed by atoms with Crippen molar-refractivity contribution < 1.29 is 14.3 Å². The molecule has 1 heterocycles. The van der Waals surface area contributed by atoms with Gasteiger partial charge in [-0.3, -0.25) is 9.69 Å². The highest BCUT2D eigenvalue weighted by Crippen LogP contribution is 2.30. The first-order valence-corrected chi connectivity index (χ1v) is 6.94. The van der Waals surface area contributed by atoms with E-state index in [1.54, 1.807) is 7.11 Å². The minimum absolute atomic E-state index is 0.127. The van der Waals surface area contributed by atoms with Gasteiger partial charge in [0.15, 0.2) is 5.17 Å². The molecule has 0 aromatic heterocycles. The molecule has 1 aromatic rings. The average molecular weight is 293 g/mol. The van der Waals surface area contributed by atoms with Crippen LogP contribution in [-0.4, -0.2) is 30.0 Å². The molecule has 1 fully saturated rings. The van der Waals surface area contributed by atoms with E-state index < -0.39 is 6.03 Å². The number of thioether (sulfide) groups is 1. The number of carbonyl (C=O) groups excluding carboxylic acids is 2.